The van der Waals surface area contributed by atoms with Crippen molar-refractivity contribution in [2.75, 3.05) is 5.75 Å². The fourth-order valence-corrected chi connectivity index (χ4v) is 1.46. The Hall–Kier alpha value is -0.770. The van der Waals surface area contributed by atoms with Crippen LogP contribution < -0.4 is 4.57 Å². The largest absolute Gasteiger partial charge is 0.315 e. The molecule has 0 aliphatic carbocycles. The summed E-state index contributed by atoms with van der Waals surface area (Å²) in [4.78, 5) is 13.6. The first kappa shape index (κ1) is 8.33. The van der Waals surface area contributed by atoms with E-state index >= 15 is 0 Å². The molecular weight excluding hydrogens is 160 g/mol. The fourth-order valence-electron chi connectivity index (χ4n) is 0.703. The molecular formula is C7H11N2OS+. The Labute approximate surface area is 69.8 Å². The van der Waals surface area contributed by atoms with Crippen LogP contribution in [0.15, 0.2) is 17.6 Å². The molecule has 1 N–H and O–H groups in total. The molecule has 1 heterocycles. The van der Waals surface area contributed by atoms with Gasteiger partial charge >= 0.3 is 5.16 Å². The van der Waals surface area contributed by atoms with Crippen molar-refractivity contribution in [3.8, 4) is 0 Å². The predicted molar refractivity (Wildman–Crippen MR) is 43.4 cm³/mol. The van der Waals surface area contributed by atoms with E-state index in [1.165, 1.54) is 11.8 Å². The van der Waals surface area contributed by atoms with Gasteiger partial charge in [-0.1, -0.05) is 0 Å². The number of aromatic amines is 1. The molecule has 4 heteroatoms. The molecule has 3 nitrogen and oxygen atoms in total. The van der Waals surface area contributed by atoms with E-state index in [2.05, 4.69) is 4.98 Å². The first-order valence-corrected chi connectivity index (χ1v) is 4.34. The Morgan fingerprint density at radius 3 is 3.00 bits per heavy atom. The predicted octanol–water partition coefficient (Wildman–Crippen LogP) is 0.520. The highest BCUT2D eigenvalue weighted by atomic mass is 32.2. The molecule has 0 atom stereocenters. The summed E-state index contributed by atoms with van der Waals surface area (Å²) < 4.78 is 1.95. The minimum atomic E-state index is 0.199. The van der Waals surface area contributed by atoms with Crippen LogP contribution in [0.2, 0.25) is 0 Å². The van der Waals surface area contributed by atoms with E-state index in [-0.39, 0.29) is 5.78 Å². The second-order valence-corrected chi connectivity index (χ2v) is 3.33. The zero-order valence-corrected chi connectivity index (χ0v) is 7.44. The lowest BCUT2D eigenvalue weighted by molar-refractivity contribution is -0.708. The van der Waals surface area contributed by atoms with Crippen LogP contribution in [0.25, 0.3) is 0 Å². The highest BCUT2D eigenvalue weighted by Crippen LogP contribution is 2.08. The average molecular weight is 171 g/mol. The maximum Gasteiger partial charge on any atom is 0.315 e. The Kier molecular flexibility index (Phi) is 2.70. The van der Waals surface area contributed by atoms with Gasteiger partial charge in [0.1, 0.15) is 18.2 Å². The molecule has 1 aromatic heterocycles. The van der Waals surface area contributed by atoms with Crippen molar-refractivity contribution in [1.82, 2.24) is 4.98 Å². The van der Waals surface area contributed by atoms with E-state index < -0.39 is 0 Å². The Bertz CT molecular complexity index is 257. The summed E-state index contributed by atoms with van der Waals surface area (Å²) in [6, 6.07) is 0. The van der Waals surface area contributed by atoms with Crippen molar-refractivity contribution >= 4 is 17.5 Å². The zero-order chi connectivity index (χ0) is 8.27. The number of aryl methyl sites for hydroxylation is 1. The SMILES string of the molecule is CC(=O)CSc1[nH]cc[n+]1C. The minimum Gasteiger partial charge on any atom is -0.299 e. The smallest absolute Gasteiger partial charge is 0.299 e. The molecule has 11 heavy (non-hydrogen) atoms. The second kappa shape index (κ2) is 3.57. The number of H-pyrrole nitrogens is 1. The number of thioether (sulfide) groups is 1. The molecule has 0 radical (unpaired) electrons. The summed E-state index contributed by atoms with van der Waals surface area (Å²) in [5, 5.41) is 1.01. The number of nitrogens with zero attached hydrogens (tertiary/aromatic N) is 1. The number of hydrogen-bond donors (Lipinski definition) is 1. The quantitative estimate of drug-likeness (QED) is 0.531. The summed E-state index contributed by atoms with van der Waals surface area (Å²) >= 11 is 1.52. The van der Waals surface area contributed by atoms with Gasteiger partial charge in [0.2, 0.25) is 0 Å². The number of hydrogen-bond acceptors (Lipinski definition) is 2. The van der Waals surface area contributed by atoms with Gasteiger partial charge in [0, 0.05) is 0 Å². The van der Waals surface area contributed by atoms with Gasteiger partial charge < -0.3 is 0 Å². The van der Waals surface area contributed by atoms with Crippen molar-refractivity contribution in [2.24, 2.45) is 7.05 Å². The van der Waals surface area contributed by atoms with E-state index in [4.69, 9.17) is 0 Å². The standard InChI is InChI=1S/C7H10N2OS/c1-6(10)5-11-7-8-3-4-9(7)2/h3-4H,5H2,1-2H3/p+1. The maximum absolute atomic E-state index is 10.6. The number of carbonyl (C=O) groups is 1. The molecule has 0 fully saturated rings. The van der Waals surface area contributed by atoms with Crippen molar-refractivity contribution in [3.63, 3.8) is 0 Å². The van der Waals surface area contributed by atoms with Crippen LogP contribution in [-0.2, 0) is 11.8 Å². The zero-order valence-electron chi connectivity index (χ0n) is 6.63. The van der Waals surface area contributed by atoms with Crippen LogP contribution in [0, 0.1) is 0 Å². The lowest BCUT2D eigenvalue weighted by Crippen LogP contribution is -2.27. The normalized spacial score (nSPS) is 10.0. The molecule has 0 bridgehead atoms. The monoisotopic (exact) mass is 171 g/mol. The maximum atomic E-state index is 10.6. The molecule has 0 unspecified atom stereocenters. The lowest BCUT2D eigenvalue weighted by Gasteiger charge is -1.90. The third-order valence-corrected chi connectivity index (χ3v) is 2.47. The van der Waals surface area contributed by atoms with Gasteiger partial charge in [-0.05, 0) is 18.7 Å². The summed E-state index contributed by atoms with van der Waals surface area (Å²) in [7, 11) is 1.94. The Morgan fingerprint density at radius 1 is 1.82 bits per heavy atom. The van der Waals surface area contributed by atoms with Crippen molar-refractivity contribution in [1.29, 1.82) is 0 Å². The van der Waals surface area contributed by atoms with Crippen LogP contribution in [0.1, 0.15) is 6.92 Å². The Morgan fingerprint density at radius 2 is 2.55 bits per heavy atom. The third-order valence-electron chi connectivity index (χ3n) is 1.24. The topological polar surface area (TPSA) is 36.7 Å². The summed E-state index contributed by atoms with van der Waals surface area (Å²) in [5.74, 6) is 0.735. The highest BCUT2D eigenvalue weighted by molar-refractivity contribution is 7.99. The Balaban J connectivity index is 2.51. The summed E-state index contributed by atoms with van der Waals surface area (Å²) in [5.41, 5.74) is 0. The molecule has 0 aliphatic heterocycles. The van der Waals surface area contributed by atoms with E-state index in [1.807, 2.05) is 24.0 Å². The number of imidazole rings is 1. The number of Topliss-reactive ketones (excluding diaryl/α,β-unsaturated/α-hetero) is 1. The van der Waals surface area contributed by atoms with Gasteiger partial charge in [-0.15, -0.1) is 0 Å². The second-order valence-electron chi connectivity index (χ2n) is 2.37. The summed E-state index contributed by atoms with van der Waals surface area (Å²) in [6.45, 7) is 1.59. The van der Waals surface area contributed by atoms with E-state index in [0.717, 1.165) is 5.16 Å². The van der Waals surface area contributed by atoms with Crippen LogP contribution in [0.4, 0.5) is 0 Å². The molecule has 0 spiro atoms. The van der Waals surface area contributed by atoms with E-state index in [0.29, 0.717) is 5.75 Å². The average Bonchev–Trinajstić information content (AvgIpc) is 2.31. The molecule has 1 rings (SSSR count). The van der Waals surface area contributed by atoms with Crippen LogP contribution in [-0.4, -0.2) is 16.5 Å². The number of aromatic nitrogens is 2. The van der Waals surface area contributed by atoms with Gasteiger partial charge in [0.05, 0.1) is 12.8 Å². The van der Waals surface area contributed by atoms with Crippen molar-refractivity contribution in [3.05, 3.63) is 12.4 Å². The third kappa shape index (κ3) is 2.38. The lowest BCUT2D eigenvalue weighted by atomic mass is 10.5. The number of nitrogens with one attached hydrogen (secondary N) is 1. The number of carbonyl (C=O) groups excluding carboxylic acids is 1. The van der Waals surface area contributed by atoms with Crippen molar-refractivity contribution in [2.45, 2.75) is 12.1 Å². The number of ketones is 1. The highest BCUT2D eigenvalue weighted by Gasteiger charge is 2.07. The molecule has 0 aromatic carbocycles. The van der Waals surface area contributed by atoms with E-state index in [9.17, 15) is 4.79 Å². The minimum absolute atomic E-state index is 0.199. The number of rotatable bonds is 3. The van der Waals surface area contributed by atoms with Crippen LogP contribution in [0.5, 0.6) is 0 Å². The van der Waals surface area contributed by atoms with Gasteiger partial charge in [0.15, 0.2) is 0 Å². The van der Waals surface area contributed by atoms with Crippen molar-refractivity contribution < 1.29 is 9.36 Å². The van der Waals surface area contributed by atoms with Crippen LogP contribution in [0.3, 0.4) is 0 Å². The molecule has 1 aromatic rings. The van der Waals surface area contributed by atoms with Gasteiger partial charge in [-0.25, -0.2) is 9.55 Å². The first-order valence-electron chi connectivity index (χ1n) is 3.35. The van der Waals surface area contributed by atoms with Crippen LogP contribution >= 0.6 is 11.8 Å². The molecule has 60 valence electrons. The molecule has 0 amide bonds. The molecule has 0 saturated carbocycles. The van der Waals surface area contributed by atoms with Gasteiger partial charge in [-0.2, -0.15) is 0 Å². The molecule has 0 aliphatic rings. The van der Waals surface area contributed by atoms with Gasteiger partial charge in [0.25, 0.3) is 0 Å². The van der Waals surface area contributed by atoms with E-state index in [1.54, 1.807) is 6.92 Å². The molecule has 0 saturated heterocycles. The van der Waals surface area contributed by atoms with Gasteiger partial charge in [-0.3, -0.25) is 4.79 Å². The summed E-state index contributed by atoms with van der Waals surface area (Å²) in [6.07, 6.45) is 3.77. The fraction of sp³-hybridized carbons (Fsp3) is 0.429. The first-order chi connectivity index (χ1) is 5.20.